The van der Waals surface area contributed by atoms with Crippen molar-refractivity contribution >= 4 is 34.1 Å². The van der Waals surface area contributed by atoms with Crippen molar-refractivity contribution in [2.75, 3.05) is 37.9 Å². The van der Waals surface area contributed by atoms with Crippen LogP contribution in [0, 0.1) is 0 Å². The Bertz CT molecular complexity index is 1540. The number of anilines is 1. The van der Waals surface area contributed by atoms with Gasteiger partial charge in [-0.05, 0) is 65.9 Å². The predicted molar refractivity (Wildman–Crippen MR) is 145 cm³/mol. The van der Waals surface area contributed by atoms with Gasteiger partial charge in [-0.2, -0.15) is 0 Å². The summed E-state index contributed by atoms with van der Waals surface area (Å²) in [4.78, 5) is 23.4. The number of ether oxygens (including phenoxy) is 2. The number of hydrogen-bond acceptors (Lipinski definition) is 5. The minimum atomic E-state index is 0.117. The van der Waals surface area contributed by atoms with E-state index >= 15 is 0 Å². The Morgan fingerprint density at radius 3 is 2.49 bits per heavy atom. The molecule has 6 heteroatoms. The third kappa shape index (κ3) is 3.89. The minimum absolute atomic E-state index is 0.117. The number of fused-ring (bicyclic) bond motifs is 3. The Balaban J connectivity index is 1.23. The lowest BCUT2D eigenvalue weighted by Gasteiger charge is -2.36. The zero-order valence-corrected chi connectivity index (χ0v) is 20.5. The first-order valence-electron chi connectivity index (χ1n) is 12.9. The number of carbonyl (C=O) groups excluding carboxylic acids is 1. The van der Waals surface area contributed by atoms with Crippen molar-refractivity contribution in [2.24, 2.45) is 0 Å². The van der Waals surface area contributed by atoms with E-state index in [1.165, 1.54) is 5.69 Å². The quantitative estimate of drug-likeness (QED) is 0.385. The van der Waals surface area contributed by atoms with Gasteiger partial charge in [0.05, 0.1) is 16.8 Å². The molecule has 3 heterocycles. The molecule has 0 radical (unpaired) electrons. The number of allylic oxidation sites excluding steroid dienone is 1. The van der Waals surface area contributed by atoms with Crippen LogP contribution >= 0.6 is 0 Å². The van der Waals surface area contributed by atoms with Crippen molar-refractivity contribution in [1.82, 2.24) is 9.88 Å². The molecule has 184 valence electrons. The van der Waals surface area contributed by atoms with Crippen LogP contribution in [0.1, 0.15) is 33.6 Å². The van der Waals surface area contributed by atoms with Gasteiger partial charge in [-0.1, -0.05) is 42.5 Å². The van der Waals surface area contributed by atoms with Crippen LogP contribution in [0.2, 0.25) is 0 Å². The summed E-state index contributed by atoms with van der Waals surface area (Å²) in [6.45, 7) is 3.33. The highest BCUT2D eigenvalue weighted by atomic mass is 16.7. The van der Waals surface area contributed by atoms with E-state index in [0.717, 1.165) is 76.3 Å². The fraction of sp³-hybridized carbons (Fsp3) is 0.226. The molecular weight excluding hydrogens is 462 g/mol. The molecule has 1 amide bonds. The molecule has 0 unspecified atom stereocenters. The highest BCUT2D eigenvalue weighted by Crippen LogP contribution is 2.39. The SMILES string of the molecule is O=C(c1c2c(nc3ccccc13)/C(=C/c1ccc3c(c1)OCO3)CC2)N1CCN(c2ccccc2)CC1. The predicted octanol–water partition coefficient (Wildman–Crippen LogP) is 5.41. The summed E-state index contributed by atoms with van der Waals surface area (Å²) in [5.74, 6) is 1.66. The van der Waals surface area contributed by atoms with Gasteiger partial charge in [-0.25, -0.2) is 4.98 Å². The van der Waals surface area contributed by atoms with Crippen LogP contribution in [0.25, 0.3) is 22.6 Å². The van der Waals surface area contributed by atoms with Crippen LogP contribution in [0.15, 0.2) is 72.8 Å². The summed E-state index contributed by atoms with van der Waals surface area (Å²) in [6.07, 6.45) is 3.84. The van der Waals surface area contributed by atoms with Crippen LogP contribution in [-0.2, 0) is 6.42 Å². The van der Waals surface area contributed by atoms with Crippen LogP contribution in [0.3, 0.4) is 0 Å². The maximum atomic E-state index is 14.0. The summed E-state index contributed by atoms with van der Waals surface area (Å²) in [7, 11) is 0. The molecule has 4 aromatic rings. The normalized spacial score (nSPS) is 17.5. The monoisotopic (exact) mass is 489 g/mol. The van der Waals surface area contributed by atoms with E-state index in [1.807, 2.05) is 53.4 Å². The lowest BCUT2D eigenvalue weighted by Crippen LogP contribution is -2.49. The molecule has 0 saturated carbocycles. The molecular formula is C31H27N3O3. The number of pyridine rings is 1. The summed E-state index contributed by atoms with van der Waals surface area (Å²) >= 11 is 0. The zero-order valence-electron chi connectivity index (χ0n) is 20.5. The third-order valence-corrected chi connectivity index (χ3v) is 7.58. The molecule has 37 heavy (non-hydrogen) atoms. The molecule has 0 bridgehead atoms. The average molecular weight is 490 g/mol. The van der Waals surface area contributed by atoms with E-state index < -0.39 is 0 Å². The Labute approximate surface area is 215 Å². The Kier molecular flexibility index (Phi) is 5.31. The van der Waals surface area contributed by atoms with E-state index in [2.05, 4.69) is 35.2 Å². The number of aromatic nitrogens is 1. The molecule has 1 aliphatic carbocycles. The molecule has 0 N–H and O–H groups in total. The molecule has 3 aliphatic rings. The van der Waals surface area contributed by atoms with E-state index in [1.54, 1.807) is 0 Å². The van der Waals surface area contributed by atoms with Gasteiger partial charge in [0.15, 0.2) is 11.5 Å². The fourth-order valence-corrected chi connectivity index (χ4v) is 5.69. The summed E-state index contributed by atoms with van der Waals surface area (Å²) < 4.78 is 11.0. The van der Waals surface area contributed by atoms with E-state index in [4.69, 9.17) is 14.5 Å². The van der Waals surface area contributed by atoms with Gasteiger partial charge in [0.2, 0.25) is 6.79 Å². The number of carbonyl (C=O) groups is 1. The van der Waals surface area contributed by atoms with Gasteiger partial charge >= 0.3 is 0 Å². The van der Waals surface area contributed by atoms with Gasteiger partial charge in [-0.15, -0.1) is 0 Å². The number of rotatable bonds is 3. The zero-order chi connectivity index (χ0) is 24.8. The van der Waals surface area contributed by atoms with Gasteiger partial charge in [0.1, 0.15) is 0 Å². The van der Waals surface area contributed by atoms with Crippen LogP contribution in [-0.4, -0.2) is 48.8 Å². The maximum absolute atomic E-state index is 14.0. The topological polar surface area (TPSA) is 54.9 Å². The molecule has 1 aromatic heterocycles. The van der Waals surface area contributed by atoms with Crippen LogP contribution in [0.4, 0.5) is 5.69 Å². The van der Waals surface area contributed by atoms with Crippen molar-refractivity contribution in [1.29, 1.82) is 0 Å². The van der Waals surface area contributed by atoms with E-state index in [0.29, 0.717) is 13.1 Å². The molecule has 6 nitrogen and oxygen atoms in total. The third-order valence-electron chi connectivity index (χ3n) is 7.58. The lowest BCUT2D eigenvalue weighted by atomic mass is 9.99. The number of nitrogens with zero attached hydrogens (tertiary/aromatic N) is 3. The van der Waals surface area contributed by atoms with Crippen molar-refractivity contribution in [3.63, 3.8) is 0 Å². The molecule has 2 aliphatic heterocycles. The van der Waals surface area contributed by atoms with Crippen molar-refractivity contribution < 1.29 is 14.3 Å². The van der Waals surface area contributed by atoms with Crippen molar-refractivity contribution in [3.05, 3.63) is 95.2 Å². The molecule has 0 spiro atoms. The molecule has 1 fully saturated rings. The molecule has 7 rings (SSSR count). The number of piperazine rings is 1. The van der Waals surface area contributed by atoms with Crippen molar-refractivity contribution in [2.45, 2.75) is 12.8 Å². The van der Waals surface area contributed by atoms with E-state index in [-0.39, 0.29) is 12.7 Å². The second-order valence-corrected chi connectivity index (χ2v) is 9.73. The second kappa shape index (κ2) is 8.96. The Morgan fingerprint density at radius 2 is 1.62 bits per heavy atom. The van der Waals surface area contributed by atoms with Gasteiger partial charge in [0.25, 0.3) is 5.91 Å². The first-order valence-corrected chi connectivity index (χ1v) is 12.9. The number of para-hydroxylation sites is 2. The lowest BCUT2D eigenvalue weighted by molar-refractivity contribution is 0.0747. The van der Waals surface area contributed by atoms with Gasteiger partial charge in [0, 0.05) is 37.3 Å². The standard InChI is InChI=1S/C31H27N3O3/c35-31(34-16-14-33(15-17-34)23-6-2-1-3-7-23)29-24-8-4-5-9-26(24)32-30-22(11-12-25(29)30)18-21-10-13-27-28(19-21)37-20-36-27/h1-10,13,18-19H,11-12,14-17,20H2/b22-18+. The Hall–Kier alpha value is -4.32. The smallest absolute Gasteiger partial charge is 0.255 e. The Morgan fingerprint density at radius 1 is 0.838 bits per heavy atom. The molecule has 3 aromatic carbocycles. The average Bonchev–Trinajstić information content (AvgIpc) is 3.59. The highest BCUT2D eigenvalue weighted by molar-refractivity contribution is 6.09. The first kappa shape index (κ1) is 21.9. The number of benzene rings is 3. The molecule has 0 atom stereocenters. The largest absolute Gasteiger partial charge is 0.454 e. The summed E-state index contributed by atoms with van der Waals surface area (Å²) in [5, 5.41) is 0.945. The van der Waals surface area contributed by atoms with Gasteiger partial charge < -0.3 is 19.3 Å². The molecule has 1 saturated heterocycles. The number of amides is 1. The number of hydrogen-bond donors (Lipinski definition) is 0. The van der Waals surface area contributed by atoms with Crippen molar-refractivity contribution in [3.8, 4) is 11.5 Å². The summed E-state index contributed by atoms with van der Waals surface area (Å²) in [6, 6.07) is 24.5. The first-order chi connectivity index (χ1) is 18.2. The minimum Gasteiger partial charge on any atom is -0.454 e. The second-order valence-electron chi connectivity index (χ2n) is 9.73. The summed E-state index contributed by atoms with van der Waals surface area (Å²) in [5.41, 5.74) is 7.12. The van der Waals surface area contributed by atoms with E-state index in [9.17, 15) is 4.79 Å². The van der Waals surface area contributed by atoms with Crippen LogP contribution in [0.5, 0.6) is 11.5 Å². The van der Waals surface area contributed by atoms with Gasteiger partial charge in [-0.3, -0.25) is 4.79 Å². The maximum Gasteiger partial charge on any atom is 0.255 e. The fourth-order valence-electron chi connectivity index (χ4n) is 5.69. The highest BCUT2D eigenvalue weighted by Gasteiger charge is 2.30. The van der Waals surface area contributed by atoms with Crippen LogP contribution < -0.4 is 14.4 Å².